The zero-order valence-electron chi connectivity index (χ0n) is 12.1. The molecule has 0 fully saturated rings. The fraction of sp³-hybridized carbons (Fsp3) is 0.214. The number of carbonyl (C=O) groups excluding carboxylic acids is 1. The number of carbonyl (C=O) groups is 1. The average Bonchev–Trinajstić information content (AvgIpc) is 3.24. The van der Waals surface area contributed by atoms with Gasteiger partial charge in [0.15, 0.2) is 10.8 Å². The van der Waals surface area contributed by atoms with E-state index in [0.717, 1.165) is 25.3 Å². The van der Waals surface area contributed by atoms with E-state index in [-0.39, 0.29) is 5.91 Å². The van der Waals surface area contributed by atoms with Gasteiger partial charge in [-0.1, -0.05) is 0 Å². The van der Waals surface area contributed by atoms with Crippen LogP contribution in [0, 0.1) is 0 Å². The summed E-state index contributed by atoms with van der Waals surface area (Å²) in [6, 6.07) is 1.74. The van der Waals surface area contributed by atoms with Crippen LogP contribution in [0.1, 0.15) is 16.9 Å². The molecule has 0 aliphatic carbocycles. The van der Waals surface area contributed by atoms with Crippen LogP contribution in [0.3, 0.4) is 0 Å². The van der Waals surface area contributed by atoms with E-state index in [4.69, 9.17) is 0 Å². The number of fused-ring (bicyclic) bond motifs is 1. The monoisotopic (exact) mass is 327 g/mol. The summed E-state index contributed by atoms with van der Waals surface area (Å²) in [5.74, 6) is 1.08. The third-order valence-corrected chi connectivity index (χ3v) is 4.26. The molecule has 4 heterocycles. The SMILES string of the molecule is O=C(Nc1cnn2c1NCCC2)c1csc(-c2ncccn2)n1. The topological polar surface area (TPSA) is 97.6 Å². The summed E-state index contributed by atoms with van der Waals surface area (Å²) >= 11 is 1.34. The zero-order valence-corrected chi connectivity index (χ0v) is 12.9. The van der Waals surface area contributed by atoms with Gasteiger partial charge in [-0.05, 0) is 12.5 Å². The number of hydrogen-bond acceptors (Lipinski definition) is 7. The largest absolute Gasteiger partial charge is 0.368 e. The van der Waals surface area contributed by atoms with E-state index < -0.39 is 0 Å². The fourth-order valence-electron chi connectivity index (χ4n) is 2.35. The summed E-state index contributed by atoms with van der Waals surface area (Å²) in [6.07, 6.45) is 5.97. The molecule has 1 amide bonds. The van der Waals surface area contributed by atoms with Gasteiger partial charge in [-0.3, -0.25) is 4.79 Å². The lowest BCUT2D eigenvalue weighted by molar-refractivity contribution is 0.102. The van der Waals surface area contributed by atoms with Gasteiger partial charge < -0.3 is 10.6 Å². The number of nitrogens with one attached hydrogen (secondary N) is 2. The highest BCUT2D eigenvalue weighted by Gasteiger charge is 2.18. The third kappa shape index (κ3) is 2.66. The summed E-state index contributed by atoms with van der Waals surface area (Å²) in [5, 5.41) is 12.7. The Hall–Kier alpha value is -2.81. The normalized spacial score (nSPS) is 13.2. The molecule has 8 nitrogen and oxygen atoms in total. The molecule has 1 aliphatic heterocycles. The molecule has 0 radical (unpaired) electrons. The van der Waals surface area contributed by atoms with E-state index >= 15 is 0 Å². The summed E-state index contributed by atoms with van der Waals surface area (Å²) in [6.45, 7) is 1.73. The Labute approximate surface area is 135 Å². The van der Waals surface area contributed by atoms with Crippen LogP contribution in [0.4, 0.5) is 11.5 Å². The Morgan fingerprint density at radius 2 is 2.22 bits per heavy atom. The third-order valence-electron chi connectivity index (χ3n) is 3.42. The molecule has 1 aliphatic rings. The van der Waals surface area contributed by atoms with E-state index in [9.17, 15) is 4.79 Å². The second-order valence-corrected chi connectivity index (χ2v) is 5.83. The molecule has 0 spiro atoms. The van der Waals surface area contributed by atoms with Gasteiger partial charge in [0, 0.05) is 30.9 Å². The van der Waals surface area contributed by atoms with Crippen molar-refractivity contribution < 1.29 is 4.79 Å². The van der Waals surface area contributed by atoms with E-state index in [1.807, 2.05) is 4.68 Å². The molecule has 23 heavy (non-hydrogen) atoms. The maximum Gasteiger partial charge on any atom is 0.275 e. The van der Waals surface area contributed by atoms with E-state index in [2.05, 4.69) is 30.7 Å². The first kappa shape index (κ1) is 13.8. The van der Waals surface area contributed by atoms with Gasteiger partial charge in [-0.15, -0.1) is 11.3 Å². The van der Waals surface area contributed by atoms with Crippen molar-refractivity contribution in [2.24, 2.45) is 0 Å². The molecule has 116 valence electrons. The van der Waals surface area contributed by atoms with Gasteiger partial charge in [0.25, 0.3) is 5.91 Å². The van der Waals surface area contributed by atoms with Gasteiger partial charge in [0.1, 0.15) is 17.2 Å². The smallest absolute Gasteiger partial charge is 0.275 e. The van der Waals surface area contributed by atoms with Crippen LogP contribution >= 0.6 is 11.3 Å². The zero-order chi connectivity index (χ0) is 15.6. The summed E-state index contributed by atoms with van der Waals surface area (Å²) in [5.41, 5.74) is 1.01. The van der Waals surface area contributed by atoms with Crippen LogP contribution < -0.4 is 10.6 Å². The minimum Gasteiger partial charge on any atom is -0.368 e. The van der Waals surface area contributed by atoms with Crippen LogP contribution in [-0.2, 0) is 6.54 Å². The number of hydrogen-bond donors (Lipinski definition) is 2. The van der Waals surface area contributed by atoms with Gasteiger partial charge in [0.2, 0.25) is 0 Å². The van der Waals surface area contributed by atoms with Crippen molar-refractivity contribution in [1.29, 1.82) is 0 Å². The van der Waals surface area contributed by atoms with E-state index in [0.29, 0.717) is 22.2 Å². The number of aryl methyl sites for hydroxylation is 1. The number of nitrogens with zero attached hydrogens (tertiary/aromatic N) is 5. The Morgan fingerprint density at radius 1 is 1.35 bits per heavy atom. The van der Waals surface area contributed by atoms with Gasteiger partial charge >= 0.3 is 0 Å². The quantitative estimate of drug-likeness (QED) is 0.762. The van der Waals surface area contributed by atoms with Crippen molar-refractivity contribution in [2.45, 2.75) is 13.0 Å². The van der Waals surface area contributed by atoms with Crippen LogP contribution in [-0.4, -0.2) is 37.2 Å². The van der Waals surface area contributed by atoms with Crippen LogP contribution in [0.5, 0.6) is 0 Å². The van der Waals surface area contributed by atoms with Crippen LogP contribution in [0.25, 0.3) is 10.8 Å². The molecule has 3 aromatic rings. The van der Waals surface area contributed by atoms with Crippen LogP contribution in [0.2, 0.25) is 0 Å². The number of rotatable bonds is 3. The first-order chi connectivity index (χ1) is 11.3. The molecule has 0 bridgehead atoms. The maximum atomic E-state index is 12.4. The van der Waals surface area contributed by atoms with Crippen molar-refractivity contribution in [3.8, 4) is 10.8 Å². The number of amides is 1. The van der Waals surface area contributed by atoms with Crippen molar-refractivity contribution in [1.82, 2.24) is 24.7 Å². The summed E-state index contributed by atoms with van der Waals surface area (Å²) in [4.78, 5) is 25.0. The molecule has 0 saturated carbocycles. The molecule has 0 saturated heterocycles. The number of anilines is 2. The molecule has 2 N–H and O–H groups in total. The maximum absolute atomic E-state index is 12.4. The number of aromatic nitrogens is 5. The Morgan fingerprint density at radius 3 is 3.09 bits per heavy atom. The highest BCUT2D eigenvalue weighted by molar-refractivity contribution is 7.13. The predicted molar refractivity (Wildman–Crippen MR) is 86.4 cm³/mol. The molecular formula is C14H13N7OS. The predicted octanol–water partition coefficient (Wildman–Crippen LogP) is 1.86. The van der Waals surface area contributed by atoms with Crippen LogP contribution in [0.15, 0.2) is 30.0 Å². The molecule has 0 atom stereocenters. The molecular weight excluding hydrogens is 314 g/mol. The van der Waals surface area contributed by atoms with Crippen molar-refractivity contribution in [3.63, 3.8) is 0 Å². The number of thiazole rings is 1. The molecule has 9 heteroatoms. The van der Waals surface area contributed by atoms with Gasteiger partial charge in [-0.2, -0.15) is 5.10 Å². The lowest BCUT2D eigenvalue weighted by atomic mass is 10.3. The minimum absolute atomic E-state index is 0.272. The second-order valence-electron chi connectivity index (χ2n) is 4.97. The van der Waals surface area contributed by atoms with Crippen molar-refractivity contribution in [3.05, 3.63) is 35.7 Å². The van der Waals surface area contributed by atoms with E-state index in [1.54, 1.807) is 30.0 Å². The highest BCUT2D eigenvalue weighted by Crippen LogP contribution is 2.25. The minimum atomic E-state index is -0.272. The van der Waals surface area contributed by atoms with Gasteiger partial charge in [-0.25, -0.2) is 19.6 Å². The lowest BCUT2D eigenvalue weighted by Gasteiger charge is -2.16. The standard InChI is InChI=1S/C14H13N7OS/c22-13(19-9-7-18-21-6-2-5-17-12(9)21)10-8-23-14(20-10)11-15-3-1-4-16-11/h1,3-4,7-8,17H,2,5-6H2,(H,19,22). The van der Waals surface area contributed by atoms with Crippen molar-refractivity contribution >= 4 is 28.7 Å². The average molecular weight is 327 g/mol. The second kappa shape index (κ2) is 5.76. The molecule has 0 aromatic carbocycles. The fourth-order valence-corrected chi connectivity index (χ4v) is 3.09. The first-order valence-corrected chi connectivity index (χ1v) is 8.03. The lowest BCUT2D eigenvalue weighted by Crippen LogP contribution is -2.19. The highest BCUT2D eigenvalue weighted by atomic mass is 32.1. The molecule has 4 rings (SSSR count). The first-order valence-electron chi connectivity index (χ1n) is 7.15. The van der Waals surface area contributed by atoms with E-state index in [1.165, 1.54) is 11.3 Å². The Bertz CT molecular complexity index is 842. The summed E-state index contributed by atoms with van der Waals surface area (Å²) < 4.78 is 1.85. The Kier molecular flexibility index (Phi) is 3.46. The van der Waals surface area contributed by atoms with Gasteiger partial charge in [0.05, 0.1) is 6.20 Å². The van der Waals surface area contributed by atoms with Crippen molar-refractivity contribution in [2.75, 3.05) is 17.2 Å². The molecule has 3 aromatic heterocycles. The Balaban J connectivity index is 1.54. The summed E-state index contributed by atoms with van der Waals surface area (Å²) in [7, 11) is 0. The molecule has 0 unspecified atom stereocenters.